The van der Waals surface area contributed by atoms with Crippen molar-refractivity contribution in [1.82, 2.24) is 4.31 Å². The molecule has 0 fully saturated rings. The lowest BCUT2D eigenvalue weighted by atomic mass is 10.1. The van der Waals surface area contributed by atoms with E-state index < -0.39 is 10.0 Å². The summed E-state index contributed by atoms with van der Waals surface area (Å²) in [5, 5.41) is 0.710. The molecule has 0 aliphatic carbocycles. The fraction of sp³-hybridized carbons (Fsp3) is 0.240. The van der Waals surface area contributed by atoms with Crippen LogP contribution < -0.4 is 4.90 Å². The van der Waals surface area contributed by atoms with Gasteiger partial charge in [-0.2, -0.15) is 4.31 Å². The number of anilines is 1. The first-order valence-electron chi connectivity index (χ1n) is 10.6. The Balaban J connectivity index is 1.68. The average Bonchev–Trinajstić information content (AvgIpc) is 3.11. The number of para-hydroxylation sites is 1. The smallest absolute Gasteiger partial charge is 0.243 e. The van der Waals surface area contributed by atoms with E-state index in [-0.39, 0.29) is 29.9 Å². The van der Waals surface area contributed by atoms with Gasteiger partial charge in [0.15, 0.2) is 0 Å². The number of amides is 1. The minimum Gasteiger partial charge on any atom is -0.308 e. The summed E-state index contributed by atoms with van der Waals surface area (Å²) < 4.78 is 28.3. The Hall–Kier alpha value is -2.38. The van der Waals surface area contributed by atoms with E-state index in [4.69, 9.17) is 23.2 Å². The lowest BCUT2D eigenvalue weighted by molar-refractivity contribution is -0.119. The first-order chi connectivity index (χ1) is 15.7. The molecule has 1 aliphatic heterocycles. The molecule has 0 bridgehead atoms. The Morgan fingerprint density at radius 2 is 1.73 bits per heavy atom. The molecular formula is C25H24Cl2N2O3S. The third-order valence-electron chi connectivity index (χ3n) is 5.79. The lowest BCUT2D eigenvalue weighted by Crippen LogP contribution is -2.44. The molecule has 3 aromatic carbocycles. The van der Waals surface area contributed by atoms with Crippen LogP contribution in [0.2, 0.25) is 10.0 Å². The van der Waals surface area contributed by atoms with E-state index in [1.165, 1.54) is 4.31 Å². The molecule has 172 valence electrons. The molecule has 1 heterocycles. The summed E-state index contributed by atoms with van der Waals surface area (Å²) in [5.74, 6) is -0.275. The van der Waals surface area contributed by atoms with Gasteiger partial charge in [-0.25, -0.2) is 8.42 Å². The summed E-state index contributed by atoms with van der Waals surface area (Å²) in [4.78, 5) is 15.3. The Labute approximate surface area is 204 Å². The zero-order valence-electron chi connectivity index (χ0n) is 18.3. The van der Waals surface area contributed by atoms with Gasteiger partial charge >= 0.3 is 0 Å². The number of sulfonamides is 1. The maximum atomic E-state index is 13.6. The van der Waals surface area contributed by atoms with Crippen LogP contribution in [0.25, 0.3) is 0 Å². The summed E-state index contributed by atoms with van der Waals surface area (Å²) in [6.45, 7) is 3.55. The second-order valence-corrected chi connectivity index (χ2v) is 11.0. The van der Waals surface area contributed by atoms with Crippen LogP contribution >= 0.6 is 23.2 Å². The van der Waals surface area contributed by atoms with Crippen molar-refractivity contribution in [1.29, 1.82) is 0 Å². The summed E-state index contributed by atoms with van der Waals surface area (Å²) in [7, 11) is -3.95. The molecule has 0 aromatic heterocycles. The van der Waals surface area contributed by atoms with Crippen molar-refractivity contribution in [3.8, 4) is 0 Å². The molecular weight excluding hydrogens is 479 g/mol. The Bertz CT molecular complexity index is 1290. The number of hydrogen-bond acceptors (Lipinski definition) is 3. The van der Waals surface area contributed by atoms with Gasteiger partial charge in [-0.1, -0.05) is 65.2 Å². The highest BCUT2D eigenvalue weighted by Crippen LogP contribution is 2.32. The minimum atomic E-state index is -3.95. The summed E-state index contributed by atoms with van der Waals surface area (Å²) in [6.07, 6.45) is 0.736. The molecule has 0 radical (unpaired) electrons. The number of hydrogen-bond donors (Lipinski definition) is 0. The van der Waals surface area contributed by atoms with Gasteiger partial charge in [0.05, 0.1) is 21.5 Å². The zero-order chi connectivity index (χ0) is 23.8. The number of nitrogens with zero attached hydrogens (tertiary/aromatic N) is 2. The van der Waals surface area contributed by atoms with Gasteiger partial charge in [-0.15, -0.1) is 0 Å². The van der Waals surface area contributed by atoms with Crippen LogP contribution in [0.15, 0.2) is 71.6 Å². The molecule has 1 atom stereocenters. The third-order valence-corrected chi connectivity index (χ3v) is 8.33. The van der Waals surface area contributed by atoms with Crippen LogP contribution in [-0.2, 0) is 27.8 Å². The Morgan fingerprint density at radius 1 is 1.03 bits per heavy atom. The van der Waals surface area contributed by atoms with Crippen LogP contribution in [0.5, 0.6) is 0 Å². The first-order valence-corrected chi connectivity index (χ1v) is 12.8. The lowest BCUT2D eigenvalue weighted by Gasteiger charge is -2.27. The molecule has 1 unspecified atom stereocenters. The minimum absolute atomic E-state index is 0.0112. The van der Waals surface area contributed by atoms with Gasteiger partial charge in [0.25, 0.3) is 0 Å². The molecule has 1 aliphatic rings. The van der Waals surface area contributed by atoms with Crippen molar-refractivity contribution in [2.75, 3.05) is 11.4 Å². The maximum absolute atomic E-state index is 13.6. The molecule has 0 spiro atoms. The van der Waals surface area contributed by atoms with Crippen molar-refractivity contribution >= 4 is 44.8 Å². The SMILES string of the molecule is Cc1ccc(S(=O)(=O)N(CC(=O)N2c3ccccc3CC2C)Cc2ccc(Cl)c(Cl)c2)cc1. The standard InChI is InChI=1S/C25H24Cl2N2O3S/c1-17-7-10-21(11-8-17)33(31,32)28(15-19-9-12-22(26)23(27)14-19)16-25(30)29-18(2)13-20-5-3-4-6-24(20)29/h3-12,14,18H,13,15-16H2,1-2H3. The van der Waals surface area contributed by atoms with E-state index in [2.05, 4.69) is 0 Å². The average molecular weight is 503 g/mol. The fourth-order valence-corrected chi connectivity index (χ4v) is 5.80. The molecule has 0 N–H and O–H groups in total. The van der Waals surface area contributed by atoms with Gasteiger partial charge in [-0.05, 0) is 61.7 Å². The van der Waals surface area contributed by atoms with Crippen LogP contribution in [0.3, 0.4) is 0 Å². The van der Waals surface area contributed by atoms with E-state index in [1.54, 1.807) is 47.4 Å². The van der Waals surface area contributed by atoms with Gasteiger partial charge < -0.3 is 4.90 Å². The number of rotatable bonds is 6. The Morgan fingerprint density at radius 3 is 2.42 bits per heavy atom. The van der Waals surface area contributed by atoms with Crippen molar-refractivity contribution in [2.45, 2.75) is 37.8 Å². The van der Waals surface area contributed by atoms with Gasteiger partial charge in [-0.3, -0.25) is 4.79 Å². The van der Waals surface area contributed by atoms with E-state index >= 15 is 0 Å². The predicted octanol–water partition coefficient (Wildman–Crippen LogP) is 5.47. The number of fused-ring (bicyclic) bond motifs is 1. The van der Waals surface area contributed by atoms with Crippen LogP contribution in [0, 0.1) is 6.92 Å². The number of benzene rings is 3. The summed E-state index contributed by atoms with van der Waals surface area (Å²) >= 11 is 12.2. The normalized spacial score (nSPS) is 15.7. The van der Waals surface area contributed by atoms with Crippen LogP contribution in [0.4, 0.5) is 5.69 Å². The van der Waals surface area contributed by atoms with E-state index in [9.17, 15) is 13.2 Å². The third kappa shape index (κ3) is 4.94. The summed E-state index contributed by atoms with van der Waals surface area (Å²) in [5.41, 5.74) is 3.50. The predicted molar refractivity (Wildman–Crippen MR) is 132 cm³/mol. The van der Waals surface area contributed by atoms with Gasteiger partial charge in [0.1, 0.15) is 0 Å². The molecule has 0 saturated carbocycles. The highest BCUT2D eigenvalue weighted by Gasteiger charge is 2.34. The van der Waals surface area contributed by atoms with Crippen molar-refractivity contribution in [3.05, 3.63) is 93.5 Å². The first kappa shape index (κ1) is 23.8. The second-order valence-electron chi connectivity index (χ2n) is 8.28. The molecule has 3 aromatic rings. The molecule has 1 amide bonds. The fourth-order valence-electron chi connectivity index (χ4n) is 4.10. The number of aryl methyl sites for hydroxylation is 1. The highest BCUT2D eigenvalue weighted by atomic mass is 35.5. The zero-order valence-corrected chi connectivity index (χ0v) is 20.7. The van der Waals surface area contributed by atoms with Crippen LogP contribution in [0.1, 0.15) is 23.6 Å². The second kappa shape index (κ2) is 9.47. The summed E-state index contributed by atoms with van der Waals surface area (Å²) in [6, 6.07) is 19.2. The number of halogens is 2. The van der Waals surface area contributed by atoms with Crippen molar-refractivity contribution < 1.29 is 13.2 Å². The quantitative estimate of drug-likeness (QED) is 0.448. The molecule has 5 nitrogen and oxygen atoms in total. The highest BCUT2D eigenvalue weighted by molar-refractivity contribution is 7.89. The van der Waals surface area contributed by atoms with E-state index in [1.807, 2.05) is 38.1 Å². The van der Waals surface area contributed by atoms with E-state index in [0.29, 0.717) is 15.6 Å². The Kier molecular flexibility index (Phi) is 6.82. The monoisotopic (exact) mass is 502 g/mol. The topological polar surface area (TPSA) is 57.7 Å². The van der Waals surface area contributed by atoms with Gasteiger partial charge in [0, 0.05) is 18.3 Å². The molecule has 4 rings (SSSR count). The van der Waals surface area contributed by atoms with Gasteiger partial charge in [0.2, 0.25) is 15.9 Å². The molecule has 8 heteroatoms. The van der Waals surface area contributed by atoms with Crippen molar-refractivity contribution in [2.24, 2.45) is 0 Å². The molecule has 0 saturated heterocycles. The number of carbonyl (C=O) groups is 1. The molecule has 33 heavy (non-hydrogen) atoms. The van der Waals surface area contributed by atoms with Crippen LogP contribution in [-0.4, -0.2) is 31.2 Å². The number of carbonyl (C=O) groups excluding carboxylic acids is 1. The largest absolute Gasteiger partial charge is 0.308 e. The van der Waals surface area contributed by atoms with E-state index in [0.717, 1.165) is 23.2 Å². The maximum Gasteiger partial charge on any atom is 0.243 e. The van der Waals surface area contributed by atoms with Crippen molar-refractivity contribution in [3.63, 3.8) is 0 Å².